The monoisotopic (exact) mass is 192 g/mol. The van der Waals surface area contributed by atoms with Crippen LogP contribution in [0, 0.1) is 11.3 Å². The van der Waals surface area contributed by atoms with Gasteiger partial charge in [-0.2, -0.15) is 5.26 Å². The quantitative estimate of drug-likeness (QED) is 0.676. The molecule has 3 nitrogen and oxygen atoms in total. The van der Waals surface area contributed by atoms with Crippen LogP contribution < -0.4 is 0 Å². The number of carbonyl (C=O) groups is 1. The van der Waals surface area contributed by atoms with Crippen LogP contribution in [-0.4, -0.2) is 5.30 Å². The molecule has 0 fully saturated rings. The minimum absolute atomic E-state index is 0.628. The van der Waals surface area contributed by atoms with Crippen LogP contribution in [0.2, 0.25) is 0 Å². The lowest BCUT2D eigenvalue weighted by atomic mass is 10.1. The Labute approximate surface area is 81.3 Å². The minimum atomic E-state index is -0.897. The Bertz CT molecular complexity index is 331. The molecule has 1 rings (SSSR count). The maximum atomic E-state index is 10.4. The van der Waals surface area contributed by atoms with E-state index in [9.17, 15) is 4.79 Å². The first kappa shape index (κ1) is 9.49. The molecule has 0 aromatic heterocycles. The number of nitrogens with zero attached hydrogens (tertiary/aromatic N) is 1. The van der Waals surface area contributed by atoms with E-state index in [0.717, 1.165) is 0 Å². The smallest absolute Gasteiger partial charge is 0.401 e. The van der Waals surface area contributed by atoms with E-state index in [-0.39, 0.29) is 0 Å². The maximum Gasteiger partial charge on any atom is 0.401 e. The topological polar surface area (TPSA) is 50.1 Å². The third-order valence-corrected chi connectivity index (χ3v) is 1.53. The van der Waals surface area contributed by atoms with Crippen molar-refractivity contribution in [1.82, 2.24) is 0 Å². The van der Waals surface area contributed by atoms with E-state index in [0.29, 0.717) is 5.56 Å². The first-order valence-electron chi connectivity index (χ1n) is 3.56. The van der Waals surface area contributed by atoms with Gasteiger partial charge in [0, 0.05) is 18.2 Å². The summed E-state index contributed by atoms with van der Waals surface area (Å²) in [5, 5.41) is 7.79. The van der Waals surface area contributed by atoms with Crippen LogP contribution in [-0.2, 0) is 4.74 Å². The van der Waals surface area contributed by atoms with Gasteiger partial charge >= 0.3 is 5.30 Å². The number of nitriles is 1. The summed E-state index contributed by atoms with van der Waals surface area (Å²) in [6.07, 6.45) is -0.897. The van der Waals surface area contributed by atoms with E-state index in [1.54, 1.807) is 24.3 Å². The summed E-state index contributed by atoms with van der Waals surface area (Å²) in [5.41, 5.74) is 0.628. The molecule has 0 amide bonds. The van der Waals surface area contributed by atoms with Crippen LogP contribution >= 0.6 is 12.6 Å². The second-order valence-electron chi connectivity index (χ2n) is 2.29. The summed E-state index contributed by atoms with van der Waals surface area (Å²) in [4.78, 5) is 10.4. The lowest BCUT2D eigenvalue weighted by Crippen LogP contribution is -2.03. The van der Waals surface area contributed by atoms with Crippen LogP contribution in [0.15, 0.2) is 30.3 Å². The van der Waals surface area contributed by atoms with E-state index in [4.69, 9.17) is 5.26 Å². The van der Waals surface area contributed by atoms with E-state index >= 15 is 0 Å². The third-order valence-electron chi connectivity index (χ3n) is 1.43. The van der Waals surface area contributed by atoms with Crippen molar-refractivity contribution < 1.29 is 9.53 Å². The van der Waals surface area contributed by atoms with Gasteiger partial charge in [0.1, 0.15) is 6.07 Å². The van der Waals surface area contributed by atoms with Gasteiger partial charge in [-0.25, -0.2) is 4.79 Å². The molecule has 65 valence electrons. The van der Waals surface area contributed by atoms with Crippen molar-refractivity contribution in [3.8, 4) is 6.07 Å². The van der Waals surface area contributed by atoms with Crippen LogP contribution in [0.4, 0.5) is 4.79 Å². The molecule has 4 heteroatoms. The summed E-state index contributed by atoms with van der Waals surface area (Å²) in [6, 6.07) is 10.6. The minimum Gasteiger partial charge on any atom is -0.430 e. The Morgan fingerprint density at radius 1 is 1.46 bits per heavy atom. The second kappa shape index (κ2) is 4.43. The molecular formula is C9H6NO2S. The van der Waals surface area contributed by atoms with Crippen molar-refractivity contribution >= 4 is 17.9 Å². The molecule has 1 radical (unpaired) electrons. The fourth-order valence-electron chi connectivity index (χ4n) is 0.893. The molecule has 1 unspecified atom stereocenters. The molecule has 1 aromatic rings. The van der Waals surface area contributed by atoms with Crippen LogP contribution in [0.25, 0.3) is 0 Å². The second-order valence-corrected chi connectivity index (χ2v) is 2.62. The molecular weight excluding hydrogens is 186 g/mol. The largest absolute Gasteiger partial charge is 0.430 e. The molecule has 1 atom stereocenters. The number of carbonyl (C=O) groups excluding carboxylic acids is 1. The summed E-state index contributed by atoms with van der Waals surface area (Å²) >= 11 is 4.21. The normalized spacial score (nSPS) is 11.3. The average molecular weight is 192 g/mol. The van der Waals surface area contributed by atoms with Crippen LogP contribution in [0.5, 0.6) is 0 Å². The van der Waals surface area contributed by atoms with E-state index < -0.39 is 11.4 Å². The third kappa shape index (κ3) is 2.73. The molecule has 0 heterocycles. The van der Waals surface area contributed by atoms with Crippen molar-refractivity contribution in [2.75, 3.05) is 0 Å². The van der Waals surface area contributed by atoms with Crippen molar-refractivity contribution in [3.63, 3.8) is 0 Å². The number of benzene rings is 1. The van der Waals surface area contributed by atoms with Crippen molar-refractivity contribution in [2.45, 2.75) is 6.10 Å². The Balaban J connectivity index is 2.80. The average Bonchev–Trinajstić information content (AvgIpc) is 2.15. The molecule has 0 spiro atoms. The molecule has 13 heavy (non-hydrogen) atoms. The molecule has 0 N–H and O–H groups in total. The Hall–Kier alpha value is -1.60. The zero-order valence-corrected chi connectivity index (χ0v) is 7.45. The SMILES string of the molecule is N#CC(OC(=O)[S])c1ccccc1. The Morgan fingerprint density at radius 2 is 2.08 bits per heavy atom. The highest BCUT2D eigenvalue weighted by Gasteiger charge is 2.13. The summed E-state index contributed by atoms with van der Waals surface area (Å²) in [5.74, 6) is 0. The van der Waals surface area contributed by atoms with Gasteiger partial charge in [0.15, 0.2) is 0 Å². The summed E-state index contributed by atoms with van der Waals surface area (Å²) < 4.78 is 4.60. The number of ether oxygens (including phenoxy) is 1. The van der Waals surface area contributed by atoms with Crippen molar-refractivity contribution in [3.05, 3.63) is 35.9 Å². The zero-order valence-electron chi connectivity index (χ0n) is 6.64. The Morgan fingerprint density at radius 3 is 2.54 bits per heavy atom. The van der Waals surface area contributed by atoms with Crippen LogP contribution in [0.3, 0.4) is 0 Å². The molecule has 0 aliphatic rings. The van der Waals surface area contributed by atoms with E-state index in [1.165, 1.54) is 0 Å². The highest BCUT2D eigenvalue weighted by molar-refractivity contribution is 7.96. The van der Waals surface area contributed by atoms with Gasteiger partial charge in [-0.05, 0) is 0 Å². The predicted molar refractivity (Wildman–Crippen MR) is 48.9 cm³/mol. The van der Waals surface area contributed by atoms with Crippen LogP contribution in [0.1, 0.15) is 11.7 Å². The molecule has 0 bridgehead atoms. The zero-order chi connectivity index (χ0) is 9.68. The molecule has 0 saturated heterocycles. The molecule has 0 aliphatic heterocycles. The standard InChI is InChI=1S/C9H6NO2S/c10-6-8(12-9(11)13)7-4-2-1-3-5-7/h1-5,8H. The lowest BCUT2D eigenvalue weighted by Gasteiger charge is -2.07. The first-order chi connectivity index (χ1) is 6.24. The van der Waals surface area contributed by atoms with Gasteiger partial charge in [0.2, 0.25) is 6.10 Å². The van der Waals surface area contributed by atoms with Gasteiger partial charge < -0.3 is 4.74 Å². The number of hydrogen-bond donors (Lipinski definition) is 0. The summed E-state index contributed by atoms with van der Waals surface area (Å²) in [7, 11) is 0. The van der Waals surface area contributed by atoms with Crippen molar-refractivity contribution in [1.29, 1.82) is 5.26 Å². The van der Waals surface area contributed by atoms with Gasteiger partial charge in [-0.3, -0.25) is 0 Å². The van der Waals surface area contributed by atoms with Gasteiger partial charge in [-0.1, -0.05) is 30.3 Å². The number of hydrogen-bond acceptors (Lipinski definition) is 3. The van der Waals surface area contributed by atoms with E-state index in [1.807, 2.05) is 12.1 Å². The van der Waals surface area contributed by atoms with Crippen molar-refractivity contribution in [2.24, 2.45) is 0 Å². The fourth-order valence-corrected chi connectivity index (χ4v) is 0.989. The lowest BCUT2D eigenvalue weighted by molar-refractivity contribution is 0.151. The molecule has 0 aliphatic carbocycles. The van der Waals surface area contributed by atoms with Gasteiger partial charge in [-0.15, -0.1) is 0 Å². The molecule has 1 aromatic carbocycles. The fraction of sp³-hybridized carbons (Fsp3) is 0.111. The van der Waals surface area contributed by atoms with Gasteiger partial charge in [0.25, 0.3) is 0 Å². The highest BCUT2D eigenvalue weighted by Crippen LogP contribution is 2.16. The first-order valence-corrected chi connectivity index (χ1v) is 3.97. The van der Waals surface area contributed by atoms with Gasteiger partial charge in [0.05, 0.1) is 0 Å². The predicted octanol–water partition coefficient (Wildman–Crippen LogP) is 2.59. The maximum absolute atomic E-state index is 10.4. The number of rotatable bonds is 2. The summed E-state index contributed by atoms with van der Waals surface area (Å²) in [6.45, 7) is 0. The molecule has 0 saturated carbocycles. The Kier molecular flexibility index (Phi) is 3.23. The highest BCUT2D eigenvalue weighted by atomic mass is 32.1. The van der Waals surface area contributed by atoms with E-state index in [2.05, 4.69) is 17.4 Å².